The average molecular weight is 265 g/mol. The molecule has 1 aromatic rings. The second-order valence-electron chi connectivity index (χ2n) is 5.68. The second kappa shape index (κ2) is 7.08. The van der Waals surface area contributed by atoms with Gasteiger partial charge in [-0.3, -0.25) is 4.90 Å². The first-order chi connectivity index (χ1) is 9.19. The molecule has 0 spiro atoms. The molecule has 4 heteroatoms. The molecule has 19 heavy (non-hydrogen) atoms. The summed E-state index contributed by atoms with van der Waals surface area (Å²) in [5, 5.41) is 3.32. The van der Waals surface area contributed by atoms with E-state index in [9.17, 15) is 0 Å². The number of nitrogens with zero attached hydrogens (tertiary/aromatic N) is 2. The van der Waals surface area contributed by atoms with Gasteiger partial charge in [0, 0.05) is 24.7 Å². The van der Waals surface area contributed by atoms with Crippen molar-refractivity contribution in [1.29, 1.82) is 0 Å². The van der Waals surface area contributed by atoms with Crippen LogP contribution in [0.1, 0.15) is 31.1 Å². The summed E-state index contributed by atoms with van der Waals surface area (Å²) in [4.78, 5) is 4.83. The van der Waals surface area contributed by atoms with Gasteiger partial charge in [-0.1, -0.05) is 6.92 Å². The predicted octanol–water partition coefficient (Wildman–Crippen LogP) is 1.92. The summed E-state index contributed by atoms with van der Waals surface area (Å²) in [6, 6.07) is 2.87. The van der Waals surface area contributed by atoms with E-state index in [-0.39, 0.29) is 0 Å². The van der Waals surface area contributed by atoms with Gasteiger partial charge in [-0.25, -0.2) is 0 Å². The number of nitrogens with one attached hydrogen (secondary N) is 1. The van der Waals surface area contributed by atoms with Crippen LogP contribution in [0.2, 0.25) is 0 Å². The second-order valence-corrected chi connectivity index (χ2v) is 5.68. The van der Waals surface area contributed by atoms with Crippen molar-refractivity contribution in [2.45, 2.75) is 38.9 Å². The maximum Gasteiger partial charge on any atom is 0.118 e. The molecule has 2 heterocycles. The van der Waals surface area contributed by atoms with Gasteiger partial charge in [0.15, 0.2) is 0 Å². The van der Waals surface area contributed by atoms with E-state index in [1.54, 1.807) is 0 Å². The summed E-state index contributed by atoms with van der Waals surface area (Å²) in [7, 11) is 4.41. The fourth-order valence-electron chi connectivity index (χ4n) is 2.77. The molecule has 108 valence electrons. The third-order valence-electron chi connectivity index (χ3n) is 3.91. The predicted molar refractivity (Wildman–Crippen MR) is 78.1 cm³/mol. The van der Waals surface area contributed by atoms with Crippen molar-refractivity contribution in [2.24, 2.45) is 0 Å². The highest BCUT2D eigenvalue weighted by Crippen LogP contribution is 2.17. The lowest BCUT2D eigenvalue weighted by Gasteiger charge is -2.25. The van der Waals surface area contributed by atoms with Crippen LogP contribution in [0, 0.1) is 0 Å². The summed E-state index contributed by atoms with van der Waals surface area (Å²) >= 11 is 0. The molecule has 4 nitrogen and oxygen atoms in total. The summed E-state index contributed by atoms with van der Waals surface area (Å²) in [5.41, 5.74) is 1.24. The maximum atomic E-state index is 5.63. The first kappa shape index (κ1) is 14.6. The fourth-order valence-corrected chi connectivity index (χ4v) is 2.77. The Kier molecular flexibility index (Phi) is 5.43. The molecule has 0 bridgehead atoms. The molecule has 1 saturated heterocycles. The highest BCUT2D eigenvalue weighted by atomic mass is 16.3. The molecular formula is C15H27N3O. The standard InChI is InChI=1S/C15H27N3O/c1-4-16-9-13-8-15(19-12-13)11-17(2)10-14-6-5-7-18(14)3/h8,12,14,16H,4-7,9-11H2,1-3H3. The first-order valence-corrected chi connectivity index (χ1v) is 7.34. The van der Waals surface area contributed by atoms with Crippen molar-refractivity contribution < 1.29 is 4.42 Å². The van der Waals surface area contributed by atoms with Crippen LogP contribution >= 0.6 is 0 Å². The van der Waals surface area contributed by atoms with E-state index in [4.69, 9.17) is 4.42 Å². The number of likely N-dealkylation sites (tertiary alicyclic amines) is 1. The minimum absolute atomic E-state index is 0.709. The van der Waals surface area contributed by atoms with Crippen LogP contribution < -0.4 is 5.32 Å². The lowest BCUT2D eigenvalue weighted by molar-refractivity contribution is 0.206. The van der Waals surface area contributed by atoms with Crippen LogP contribution in [0.15, 0.2) is 16.7 Å². The van der Waals surface area contributed by atoms with Gasteiger partial charge >= 0.3 is 0 Å². The Bertz CT molecular complexity index is 377. The lowest BCUT2D eigenvalue weighted by Crippen LogP contribution is -2.36. The number of furan rings is 1. The van der Waals surface area contributed by atoms with E-state index in [0.717, 1.165) is 31.9 Å². The van der Waals surface area contributed by atoms with Crippen LogP contribution in [-0.4, -0.2) is 49.6 Å². The Hall–Kier alpha value is -0.840. The van der Waals surface area contributed by atoms with E-state index in [2.05, 4.69) is 42.2 Å². The topological polar surface area (TPSA) is 31.7 Å². The summed E-state index contributed by atoms with van der Waals surface area (Å²) in [6.07, 6.45) is 4.53. The molecule has 1 aliphatic heterocycles. The van der Waals surface area contributed by atoms with Crippen molar-refractivity contribution >= 4 is 0 Å². The summed E-state index contributed by atoms with van der Waals surface area (Å²) in [6.45, 7) is 7.28. The molecule has 1 fully saturated rings. The number of hydrogen-bond donors (Lipinski definition) is 1. The monoisotopic (exact) mass is 265 g/mol. The van der Waals surface area contributed by atoms with Crippen molar-refractivity contribution in [3.8, 4) is 0 Å². The molecular weight excluding hydrogens is 238 g/mol. The van der Waals surface area contributed by atoms with Crippen molar-refractivity contribution in [2.75, 3.05) is 33.7 Å². The minimum atomic E-state index is 0.709. The molecule has 0 aliphatic carbocycles. The molecule has 0 amide bonds. The Morgan fingerprint density at radius 1 is 1.53 bits per heavy atom. The SMILES string of the molecule is CCNCc1coc(CN(C)CC2CCCN2C)c1. The van der Waals surface area contributed by atoms with Gasteiger partial charge in [-0.05, 0) is 46.1 Å². The third-order valence-corrected chi connectivity index (χ3v) is 3.91. The minimum Gasteiger partial charge on any atom is -0.468 e. The molecule has 0 aromatic carbocycles. The Balaban J connectivity index is 1.78. The number of hydrogen-bond acceptors (Lipinski definition) is 4. The van der Waals surface area contributed by atoms with Crippen LogP contribution in [0.5, 0.6) is 0 Å². The van der Waals surface area contributed by atoms with Crippen LogP contribution in [0.3, 0.4) is 0 Å². The van der Waals surface area contributed by atoms with Gasteiger partial charge in [0.1, 0.15) is 5.76 Å². The van der Waals surface area contributed by atoms with Crippen LogP contribution in [-0.2, 0) is 13.1 Å². The van der Waals surface area contributed by atoms with Gasteiger partial charge < -0.3 is 14.6 Å². The van der Waals surface area contributed by atoms with E-state index < -0.39 is 0 Å². The molecule has 1 unspecified atom stereocenters. The van der Waals surface area contributed by atoms with Crippen molar-refractivity contribution in [3.05, 3.63) is 23.7 Å². The number of rotatable bonds is 7. The van der Waals surface area contributed by atoms with Gasteiger partial charge in [-0.15, -0.1) is 0 Å². The summed E-state index contributed by atoms with van der Waals surface area (Å²) < 4.78 is 5.63. The smallest absolute Gasteiger partial charge is 0.118 e. The molecule has 0 saturated carbocycles. The third kappa shape index (κ3) is 4.34. The van der Waals surface area contributed by atoms with Crippen molar-refractivity contribution in [1.82, 2.24) is 15.1 Å². The van der Waals surface area contributed by atoms with E-state index in [1.807, 2.05) is 6.26 Å². The zero-order valence-corrected chi connectivity index (χ0v) is 12.5. The van der Waals surface area contributed by atoms with E-state index in [0.29, 0.717) is 6.04 Å². The quantitative estimate of drug-likeness (QED) is 0.816. The van der Waals surface area contributed by atoms with Gasteiger partial charge in [-0.2, -0.15) is 0 Å². The first-order valence-electron chi connectivity index (χ1n) is 7.34. The van der Waals surface area contributed by atoms with Gasteiger partial charge in [0.25, 0.3) is 0 Å². The molecule has 1 N–H and O–H groups in total. The Morgan fingerprint density at radius 2 is 2.37 bits per heavy atom. The zero-order valence-electron chi connectivity index (χ0n) is 12.5. The lowest BCUT2D eigenvalue weighted by atomic mass is 10.2. The molecule has 1 aliphatic rings. The van der Waals surface area contributed by atoms with Crippen LogP contribution in [0.4, 0.5) is 0 Å². The normalized spacial score (nSPS) is 20.5. The van der Waals surface area contributed by atoms with E-state index >= 15 is 0 Å². The summed E-state index contributed by atoms with van der Waals surface area (Å²) in [5.74, 6) is 1.07. The highest BCUT2D eigenvalue weighted by molar-refractivity contribution is 5.12. The Morgan fingerprint density at radius 3 is 3.05 bits per heavy atom. The van der Waals surface area contributed by atoms with Crippen molar-refractivity contribution in [3.63, 3.8) is 0 Å². The molecule has 0 radical (unpaired) electrons. The molecule has 2 rings (SSSR count). The fraction of sp³-hybridized carbons (Fsp3) is 0.733. The highest BCUT2D eigenvalue weighted by Gasteiger charge is 2.22. The average Bonchev–Trinajstić information content (AvgIpc) is 2.97. The molecule has 1 atom stereocenters. The molecule has 1 aromatic heterocycles. The maximum absolute atomic E-state index is 5.63. The van der Waals surface area contributed by atoms with E-state index in [1.165, 1.54) is 24.9 Å². The largest absolute Gasteiger partial charge is 0.468 e. The van der Waals surface area contributed by atoms with Gasteiger partial charge in [0.05, 0.1) is 12.8 Å². The van der Waals surface area contributed by atoms with Crippen LogP contribution in [0.25, 0.3) is 0 Å². The Labute approximate surface area is 116 Å². The van der Waals surface area contributed by atoms with Gasteiger partial charge in [0.2, 0.25) is 0 Å². The number of likely N-dealkylation sites (N-methyl/N-ethyl adjacent to an activating group) is 2. The zero-order chi connectivity index (χ0) is 13.7.